The van der Waals surface area contributed by atoms with E-state index < -0.39 is 0 Å². The van der Waals surface area contributed by atoms with E-state index in [2.05, 4.69) is 9.97 Å². The quantitative estimate of drug-likeness (QED) is 0.885. The molecule has 0 amide bonds. The summed E-state index contributed by atoms with van der Waals surface area (Å²) in [5.74, 6) is 0.411. The van der Waals surface area contributed by atoms with Gasteiger partial charge in [0.2, 0.25) is 0 Å². The molecule has 1 unspecified atom stereocenters. The van der Waals surface area contributed by atoms with Crippen LogP contribution in [0.5, 0.6) is 5.75 Å². The van der Waals surface area contributed by atoms with Crippen molar-refractivity contribution in [3.05, 3.63) is 57.8 Å². The van der Waals surface area contributed by atoms with Gasteiger partial charge >= 0.3 is 0 Å². The highest BCUT2D eigenvalue weighted by molar-refractivity contribution is 5.28. The number of aromatic hydroxyl groups is 1. The second-order valence-electron chi connectivity index (χ2n) is 4.78. The third kappa shape index (κ3) is 3.22. The number of nitrogens with one attached hydrogen (secondary N) is 1. The Labute approximate surface area is 112 Å². The van der Waals surface area contributed by atoms with Crippen LogP contribution in [0.3, 0.4) is 0 Å². The van der Waals surface area contributed by atoms with Gasteiger partial charge in [0.15, 0.2) is 0 Å². The van der Waals surface area contributed by atoms with E-state index >= 15 is 0 Å². The van der Waals surface area contributed by atoms with E-state index in [4.69, 9.17) is 0 Å². The Morgan fingerprint density at radius 3 is 2.58 bits per heavy atom. The molecule has 2 rings (SSSR count). The van der Waals surface area contributed by atoms with E-state index in [1.165, 1.54) is 0 Å². The molecule has 0 saturated carbocycles. The summed E-state index contributed by atoms with van der Waals surface area (Å²) in [6, 6.07) is 6.93. The molecular weight excluding hydrogens is 240 g/mol. The van der Waals surface area contributed by atoms with Crippen LogP contribution in [0.4, 0.5) is 0 Å². The number of H-pyrrole nitrogens is 1. The Kier molecular flexibility index (Phi) is 4.00. The maximum Gasteiger partial charge on any atom is 0.270 e. The van der Waals surface area contributed by atoms with Crippen LogP contribution in [0, 0.1) is 0 Å². The fourth-order valence-electron chi connectivity index (χ4n) is 1.92. The van der Waals surface area contributed by atoms with Gasteiger partial charge in [-0.3, -0.25) is 9.78 Å². The highest BCUT2D eigenvalue weighted by Crippen LogP contribution is 2.14. The number of rotatable bonds is 4. The molecule has 4 heteroatoms. The van der Waals surface area contributed by atoms with Gasteiger partial charge in [-0.25, -0.2) is 0 Å². The minimum absolute atomic E-state index is 0.106. The van der Waals surface area contributed by atoms with Crippen LogP contribution in [0.25, 0.3) is 0 Å². The smallest absolute Gasteiger partial charge is 0.270 e. The third-order valence-corrected chi connectivity index (χ3v) is 3.28. The van der Waals surface area contributed by atoms with Gasteiger partial charge in [-0.1, -0.05) is 26.0 Å². The number of aromatic amines is 1. The van der Waals surface area contributed by atoms with Crippen molar-refractivity contribution >= 4 is 0 Å². The minimum atomic E-state index is -0.106. The van der Waals surface area contributed by atoms with Gasteiger partial charge < -0.3 is 10.1 Å². The largest absolute Gasteiger partial charge is 0.508 e. The van der Waals surface area contributed by atoms with Crippen molar-refractivity contribution in [2.24, 2.45) is 0 Å². The normalized spacial score (nSPS) is 12.3. The van der Waals surface area contributed by atoms with Crippen molar-refractivity contribution in [2.45, 2.75) is 32.6 Å². The molecule has 19 heavy (non-hydrogen) atoms. The summed E-state index contributed by atoms with van der Waals surface area (Å²) in [7, 11) is 0. The molecule has 1 aromatic heterocycles. The molecule has 100 valence electrons. The maximum atomic E-state index is 11.9. The number of aromatic nitrogens is 2. The highest BCUT2D eigenvalue weighted by atomic mass is 16.3. The summed E-state index contributed by atoms with van der Waals surface area (Å²) in [5.41, 5.74) is 2.29. The SMILES string of the molecule is CCC(C)c1ncc(Cc2ccc(O)cc2)[nH]c1=O. The molecule has 0 aliphatic heterocycles. The van der Waals surface area contributed by atoms with Gasteiger partial charge in [0.25, 0.3) is 5.56 Å². The first-order valence-corrected chi connectivity index (χ1v) is 6.46. The van der Waals surface area contributed by atoms with Crippen LogP contribution in [0.15, 0.2) is 35.3 Å². The fraction of sp³-hybridized carbons (Fsp3) is 0.333. The van der Waals surface area contributed by atoms with Crippen molar-refractivity contribution in [1.29, 1.82) is 0 Å². The molecule has 0 radical (unpaired) electrons. The predicted octanol–water partition coefficient (Wildman–Crippen LogP) is 2.58. The standard InChI is InChI=1S/C15H18N2O2/c1-3-10(2)14-15(19)17-12(9-16-14)8-11-4-6-13(18)7-5-11/h4-7,9-10,18H,3,8H2,1-2H3,(H,17,19). The van der Waals surface area contributed by atoms with Crippen LogP contribution in [0.1, 0.15) is 43.1 Å². The molecular formula is C15H18N2O2. The van der Waals surface area contributed by atoms with Gasteiger partial charge in [0, 0.05) is 24.2 Å². The first kappa shape index (κ1) is 13.3. The minimum Gasteiger partial charge on any atom is -0.508 e. The van der Waals surface area contributed by atoms with Gasteiger partial charge in [-0.15, -0.1) is 0 Å². The lowest BCUT2D eigenvalue weighted by Crippen LogP contribution is -2.18. The van der Waals surface area contributed by atoms with E-state index in [1.807, 2.05) is 26.0 Å². The number of hydrogen-bond acceptors (Lipinski definition) is 3. The van der Waals surface area contributed by atoms with Gasteiger partial charge in [-0.2, -0.15) is 0 Å². The summed E-state index contributed by atoms with van der Waals surface area (Å²) in [4.78, 5) is 19.1. The molecule has 0 aliphatic carbocycles. The second-order valence-corrected chi connectivity index (χ2v) is 4.78. The third-order valence-electron chi connectivity index (χ3n) is 3.28. The zero-order valence-electron chi connectivity index (χ0n) is 11.2. The lowest BCUT2D eigenvalue weighted by molar-refractivity contribution is 0.475. The lowest BCUT2D eigenvalue weighted by atomic mass is 10.1. The van der Waals surface area contributed by atoms with E-state index in [0.29, 0.717) is 12.1 Å². The highest BCUT2D eigenvalue weighted by Gasteiger charge is 2.10. The van der Waals surface area contributed by atoms with Crippen molar-refractivity contribution in [1.82, 2.24) is 9.97 Å². The van der Waals surface area contributed by atoms with Gasteiger partial charge in [0.05, 0.1) is 0 Å². The Morgan fingerprint density at radius 1 is 1.32 bits per heavy atom. The average Bonchev–Trinajstić information content (AvgIpc) is 2.41. The molecule has 2 N–H and O–H groups in total. The number of hydrogen-bond donors (Lipinski definition) is 2. The first-order valence-electron chi connectivity index (χ1n) is 6.46. The maximum absolute atomic E-state index is 11.9. The predicted molar refractivity (Wildman–Crippen MR) is 74.5 cm³/mol. The van der Waals surface area contributed by atoms with Crippen LogP contribution in [-0.4, -0.2) is 15.1 Å². The number of nitrogens with zero attached hydrogens (tertiary/aromatic N) is 1. The summed E-state index contributed by atoms with van der Waals surface area (Å²) >= 11 is 0. The average molecular weight is 258 g/mol. The second kappa shape index (κ2) is 5.69. The summed E-state index contributed by atoms with van der Waals surface area (Å²) in [5, 5.41) is 9.22. The molecule has 0 spiro atoms. The number of phenols is 1. The van der Waals surface area contributed by atoms with Crippen molar-refractivity contribution in [2.75, 3.05) is 0 Å². The Balaban J connectivity index is 2.21. The molecule has 4 nitrogen and oxygen atoms in total. The summed E-state index contributed by atoms with van der Waals surface area (Å²) in [6.07, 6.45) is 3.21. The van der Waals surface area contributed by atoms with Crippen molar-refractivity contribution in [3.8, 4) is 5.75 Å². The topological polar surface area (TPSA) is 66.0 Å². The Hall–Kier alpha value is -2.10. The van der Waals surface area contributed by atoms with Crippen LogP contribution in [-0.2, 0) is 6.42 Å². The van der Waals surface area contributed by atoms with Gasteiger partial charge in [0.1, 0.15) is 11.4 Å². The van der Waals surface area contributed by atoms with E-state index in [-0.39, 0.29) is 17.2 Å². The summed E-state index contributed by atoms with van der Waals surface area (Å²) in [6.45, 7) is 4.04. The molecule has 1 heterocycles. The van der Waals surface area contributed by atoms with Crippen LogP contribution < -0.4 is 5.56 Å². The first-order chi connectivity index (χ1) is 9.10. The van der Waals surface area contributed by atoms with E-state index in [1.54, 1.807) is 18.3 Å². The van der Waals surface area contributed by atoms with Crippen molar-refractivity contribution < 1.29 is 5.11 Å². The number of benzene rings is 1. The molecule has 0 aliphatic rings. The zero-order valence-corrected chi connectivity index (χ0v) is 11.2. The summed E-state index contributed by atoms with van der Waals surface area (Å²) < 4.78 is 0. The van der Waals surface area contributed by atoms with E-state index in [9.17, 15) is 9.90 Å². The molecule has 2 aromatic rings. The molecule has 1 atom stereocenters. The fourth-order valence-corrected chi connectivity index (χ4v) is 1.92. The zero-order chi connectivity index (χ0) is 13.8. The molecule has 1 aromatic carbocycles. The molecule has 0 saturated heterocycles. The van der Waals surface area contributed by atoms with E-state index in [0.717, 1.165) is 17.7 Å². The van der Waals surface area contributed by atoms with Crippen LogP contribution in [0.2, 0.25) is 0 Å². The lowest BCUT2D eigenvalue weighted by Gasteiger charge is -2.08. The van der Waals surface area contributed by atoms with Crippen molar-refractivity contribution in [3.63, 3.8) is 0 Å². The Bertz CT molecular complexity index is 602. The molecule has 0 bridgehead atoms. The monoisotopic (exact) mass is 258 g/mol. The molecule has 0 fully saturated rings. The number of phenolic OH excluding ortho intramolecular Hbond substituents is 1. The Morgan fingerprint density at radius 2 is 2.00 bits per heavy atom. The van der Waals surface area contributed by atoms with Gasteiger partial charge in [-0.05, 0) is 24.1 Å². The van der Waals surface area contributed by atoms with Crippen LogP contribution >= 0.6 is 0 Å².